The molecule has 0 aliphatic carbocycles. The van der Waals surface area contributed by atoms with Gasteiger partial charge in [0.05, 0.1) is 0 Å². The van der Waals surface area contributed by atoms with Gasteiger partial charge >= 0.3 is 25.8 Å². The van der Waals surface area contributed by atoms with Crippen molar-refractivity contribution in [1.29, 1.82) is 0 Å². The largest absolute Gasteiger partial charge is 4.00 e. The van der Waals surface area contributed by atoms with Gasteiger partial charge in [0.2, 0.25) is 0 Å². The van der Waals surface area contributed by atoms with Gasteiger partial charge in [-0.15, -0.1) is 24.5 Å². The number of hydrogen-bond donors (Lipinski definition) is 0. The molecule has 7 heteroatoms. The number of hydrogen-bond acceptors (Lipinski definition) is 2. The smallest absolute Gasteiger partial charge is 1.00 e. The van der Waals surface area contributed by atoms with E-state index in [9.17, 15) is 0 Å². The van der Waals surface area contributed by atoms with Gasteiger partial charge in [0, 0.05) is 26.4 Å². The van der Waals surface area contributed by atoms with Crippen LogP contribution in [0.1, 0.15) is 52.4 Å². The summed E-state index contributed by atoms with van der Waals surface area (Å²) >= 11 is 0. The van der Waals surface area contributed by atoms with Crippen molar-refractivity contribution in [2.75, 3.05) is 39.5 Å². The molecule has 0 saturated carbocycles. The summed E-state index contributed by atoms with van der Waals surface area (Å²) in [6, 6.07) is 20.1. The van der Waals surface area contributed by atoms with Crippen LogP contribution < -0.4 is 24.8 Å². The molecular formula is C26H40Cl2HfN2O2. The minimum absolute atomic E-state index is 0. The van der Waals surface area contributed by atoms with E-state index in [1.54, 1.807) is 0 Å². The van der Waals surface area contributed by atoms with Crippen molar-refractivity contribution in [3.63, 3.8) is 0 Å². The molecule has 0 atom stereocenters. The summed E-state index contributed by atoms with van der Waals surface area (Å²) in [6.45, 7) is 10.1. The first-order chi connectivity index (χ1) is 14.9. The average Bonchev–Trinajstić information content (AvgIpc) is 3.57. The summed E-state index contributed by atoms with van der Waals surface area (Å²) in [7, 11) is 0. The van der Waals surface area contributed by atoms with E-state index in [4.69, 9.17) is 9.47 Å². The quantitative estimate of drug-likeness (QED) is 0.444. The summed E-state index contributed by atoms with van der Waals surface area (Å²) in [6.07, 6.45) is 7.35. The maximum absolute atomic E-state index is 4.94. The van der Waals surface area contributed by atoms with Gasteiger partial charge in [-0.25, -0.2) is 0 Å². The Morgan fingerprint density at radius 2 is 0.879 bits per heavy atom. The monoisotopic (exact) mass is 662 g/mol. The third kappa shape index (κ3) is 24.3. The summed E-state index contributed by atoms with van der Waals surface area (Å²) in [4.78, 5) is 0. The van der Waals surface area contributed by atoms with E-state index in [0.717, 1.165) is 63.7 Å². The van der Waals surface area contributed by atoms with Gasteiger partial charge in [0.25, 0.3) is 0 Å². The molecule has 0 aromatic heterocycles. The predicted molar refractivity (Wildman–Crippen MR) is 129 cm³/mol. The van der Waals surface area contributed by atoms with Gasteiger partial charge in [-0.2, -0.15) is 0 Å². The third-order valence-electron chi connectivity index (χ3n) is 4.20. The predicted octanol–water partition coefficient (Wildman–Crippen LogP) is 1.80. The molecule has 33 heavy (non-hydrogen) atoms. The maximum atomic E-state index is 4.94. The van der Waals surface area contributed by atoms with E-state index in [0.29, 0.717) is 0 Å². The van der Waals surface area contributed by atoms with E-state index in [-0.39, 0.29) is 50.7 Å². The zero-order chi connectivity index (χ0) is 21.5. The Kier molecular flexibility index (Phi) is 33.0. The molecule has 2 aliphatic rings. The Morgan fingerprint density at radius 1 is 0.576 bits per heavy atom. The molecule has 0 unspecified atom stereocenters. The topological polar surface area (TPSA) is 46.7 Å². The summed E-state index contributed by atoms with van der Waals surface area (Å²) in [5, 5.41) is 8.65. The molecule has 0 bridgehead atoms. The van der Waals surface area contributed by atoms with Crippen molar-refractivity contribution < 1.29 is 60.1 Å². The van der Waals surface area contributed by atoms with Crippen LogP contribution in [0.25, 0.3) is 10.6 Å². The van der Waals surface area contributed by atoms with Crippen molar-refractivity contribution >= 4 is 11.4 Å². The molecule has 2 fully saturated rings. The van der Waals surface area contributed by atoms with Crippen LogP contribution in [0.15, 0.2) is 60.7 Å². The number of nitrogens with zero attached hydrogens (tertiary/aromatic N) is 2. The fraction of sp³-hybridized carbons (Fsp3) is 0.538. The molecule has 2 heterocycles. The Bertz CT molecular complexity index is 519. The average molecular weight is 662 g/mol. The van der Waals surface area contributed by atoms with E-state index in [1.165, 1.54) is 25.7 Å². The van der Waals surface area contributed by atoms with Crippen LogP contribution in [0.4, 0.5) is 11.4 Å². The Morgan fingerprint density at radius 3 is 1.09 bits per heavy atom. The Balaban J connectivity index is -0.000000368. The first kappa shape index (κ1) is 37.0. The van der Waals surface area contributed by atoms with Crippen LogP contribution in [0.3, 0.4) is 0 Å². The molecule has 2 aromatic carbocycles. The fourth-order valence-electron chi connectivity index (χ4n) is 2.57. The SMILES string of the molecule is C1CCOC1.C1CCOC1.CCC[N-]c1ccccc1.CCC[N-]c1ccccc1.[Cl-].[Cl-].[Hf+4]. The minimum atomic E-state index is 0. The summed E-state index contributed by atoms with van der Waals surface area (Å²) < 4.78 is 9.89. The molecule has 2 saturated heterocycles. The fourth-order valence-corrected chi connectivity index (χ4v) is 2.57. The second kappa shape index (κ2) is 29.4. The van der Waals surface area contributed by atoms with E-state index < -0.39 is 0 Å². The van der Waals surface area contributed by atoms with Gasteiger partial charge in [0.15, 0.2) is 0 Å². The third-order valence-corrected chi connectivity index (χ3v) is 4.20. The molecule has 0 amide bonds. The van der Waals surface area contributed by atoms with Gasteiger partial charge < -0.3 is 44.9 Å². The number of halogens is 2. The number of benzene rings is 2. The molecule has 2 aromatic rings. The second-order valence-electron chi connectivity index (χ2n) is 7.07. The van der Waals surface area contributed by atoms with Crippen molar-refractivity contribution in [2.45, 2.75) is 52.4 Å². The first-order valence-electron chi connectivity index (χ1n) is 11.5. The minimum Gasteiger partial charge on any atom is -1.00 e. The molecule has 0 spiro atoms. The van der Waals surface area contributed by atoms with E-state index in [2.05, 4.69) is 24.5 Å². The number of rotatable bonds is 6. The number of para-hydroxylation sites is 2. The zero-order valence-electron chi connectivity index (χ0n) is 20.2. The van der Waals surface area contributed by atoms with E-state index in [1.807, 2.05) is 60.7 Å². The summed E-state index contributed by atoms with van der Waals surface area (Å²) in [5.74, 6) is 0. The molecule has 184 valence electrons. The number of ether oxygens (including phenoxy) is 2. The van der Waals surface area contributed by atoms with Gasteiger partial charge in [-0.3, -0.25) is 0 Å². The van der Waals surface area contributed by atoms with Crippen LogP contribution in [-0.2, 0) is 35.3 Å². The Hall–Kier alpha value is -0.590. The molecule has 0 N–H and O–H groups in total. The summed E-state index contributed by atoms with van der Waals surface area (Å²) in [5.41, 5.74) is 2.17. The molecule has 4 nitrogen and oxygen atoms in total. The molecule has 4 rings (SSSR count). The van der Waals surface area contributed by atoms with Gasteiger partial charge in [-0.05, 0) is 25.7 Å². The van der Waals surface area contributed by atoms with Crippen LogP contribution in [0, 0.1) is 0 Å². The first-order valence-corrected chi connectivity index (χ1v) is 11.5. The van der Waals surface area contributed by atoms with Crippen molar-refractivity contribution in [1.82, 2.24) is 0 Å². The van der Waals surface area contributed by atoms with Gasteiger partial charge in [-0.1, -0.05) is 87.4 Å². The molecular weight excluding hydrogens is 622 g/mol. The van der Waals surface area contributed by atoms with Crippen molar-refractivity contribution in [2.24, 2.45) is 0 Å². The molecule has 2 aliphatic heterocycles. The zero-order valence-corrected chi connectivity index (χ0v) is 25.3. The second-order valence-corrected chi connectivity index (χ2v) is 7.07. The van der Waals surface area contributed by atoms with Crippen LogP contribution in [0.2, 0.25) is 0 Å². The standard InChI is InChI=1S/2C9H12N.2C4H8O.2ClH.Hf/c2*1-2-8-10-9-6-4-3-5-7-9;2*1-2-4-5-3-1;;;/h2*3-7H,2,8H2,1H3;2*1-4H2;2*1H;/q2*-1;;;;;+4/p-2. The van der Waals surface area contributed by atoms with Crippen molar-refractivity contribution in [3.8, 4) is 0 Å². The maximum Gasteiger partial charge on any atom is 4.00 e. The van der Waals surface area contributed by atoms with Crippen LogP contribution in [0.5, 0.6) is 0 Å². The van der Waals surface area contributed by atoms with Gasteiger partial charge in [0.1, 0.15) is 0 Å². The normalized spacial score (nSPS) is 12.9. The van der Waals surface area contributed by atoms with Crippen LogP contribution in [-0.4, -0.2) is 39.5 Å². The van der Waals surface area contributed by atoms with Crippen molar-refractivity contribution in [3.05, 3.63) is 71.3 Å². The Labute approximate surface area is 233 Å². The molecule has 0 radical (unpaired) electrons. The van der Waals surface area contributed by atoms with E-state index >= 15 is 0 Å². The van der Waals surface area contributed by atoms with Crippen LogP contribution >= 0.6 is 0 Å².